The van der Waals surface area contributed by atoms with Crippen molar-refractivity contribution >= 4 is 33.1 Å². The first-order chi connectivity index (χ1) is 13.0. The molecule has 0 spiro atoms. The van der Waals surface area contributed by atoms with Gasteiger partial charge in [0, 0.05) is 12.6 Å². The minimum atomic E-state index is -0.693. The van der Waals surface area contributed by atoms with E-state index in [1.165, 1.54) is 30.1 Å². The van der Waals surface area contributed by atoms with E-state index in [0.717, 1.165) is 6.42 Å². The third-order valence-electron chi connectivity index (χ3n) is 4.18. The Hall–Kier alpha value is -3.00. The first-order valence-corrected chi connectivity index (χ1v) is 9.26. The smallest absolute Gasteiger partial charge is 0.267 e. The molecule has 2 N–H and O–H groups in total. The molecule has 1 aromatic carbocycles. The molecule has 0 atom stereocenters. The number of nitrogens with one attached hydrogen (secondary N) is 1. The van der Waals surface area contributed by atoms with Crippen LogP contribution in [-0.4, -0.2) is 29.8 Å². The first-order valence-electron chi connectivity index (χ1n) is 8.38. The number of nitrogens with zero attached hydrogens (tertiary/aromatic N) is 1. The minimum Gasteiger partial charge on any atom is -0.505 e. The molecule has 3 aromatic rings. The molecule has 0 unspecified atom stereocenters. The van der Waals surface area contributed by atoms with Crippen molar-refractivity contribution < 1.29 is 19.4 Å². The summed E-state index contributed by atoms with van der Waals surface area (Å²) in [6.45, 7) is 2.40. The fraction of sp³-hybridized carbons (Fsp3) is 0.263. The number of methoxy groups -OCH3 is 2. The number of benzene rings is 1. The van der Waals surface area contributed by atoms with Gasteiger partial charge in [-0.15, -0.1) is 11.3 Å². The van der Waals surface area contributed by atoms with Crippen LogP contribution < -0.4 is 20.3 Å². The van der Waals surface area contributed by atoms with Crippen molar-refractivity contribution in [1.29, 1.82) is 0 Å². The third kappa shape index (κ3) is 3.35. The zero-order valence-corrected chi connectivity index (χ0v) is 16.1. The van der Waals surface area contributed by atoms with Gasteiger partial charge >= 0.3 is 0 Å². The number of fused-ring (bicyclic) bond motifs is 1. The molecule has 1 amide bonds. The Morgan fingerprint density at radius 2 is 2.04 bits per heavy atom. The van der Waals surface area contributed by atoms with Gasteiger partial charge in [-0.05, 0) is 30.0 Å². The highest BCUT2D eigenvalue weighted by Crippen LogP contribution is 2.33. The fourth-order valence-electron chi connectivity index (χ4n) is 2.89. The number of rotatable bonds is 6. The van der Waals surface area contributed by atoms with E-state index < -0.39 is 11.5 Å². The van der Waals surface area contributed by atoms with Crippen LogP contribution in [0.25, 0.3) is 10.2 Å². The molecule has 2 heterocycles. The number of aromatic nitrogens is 1. The highest BCUT2D eigenvalue weighted by molar-refractivity contribution is 7.17. The Labute approximate surface area is 159 Å². The van der Waals surface area contributed by atoms with Crippen LogP contribution in [0.1, 0.15) is 23.7 Å². The van der Waals surface area contributed by atoms with Gasteiger partial charge in [0.2, 0.25) is 0 Å². The van der Waals surface area contributed by atoms with Gasteiger partial charge in [-0.2, -0.15) is 0 Å². The number of carbonyl (C=O) groups excluding carboxylic acids is 1. The van der Waals surface area contributed by atoms with E-state index in [1.54, 1.807) is 29.6 Å². The van der Waals surface area contributed by atoms with Gasteiger partial charge in [0.15, 0.2) is 5.75 Å². The maximum atomic E-state index is 12.9. The molecule has 0 bridgehead atoms. The lowest BCUT2D eigenvalue weighted by molar-refractivity contribution is 0.102. The number of aryl methyl sites for hydroxylation is 1. The van der Waals surface area contributed by atoms with E-state index in [9.17, 15) is 14.7 Å². The van der Waals surface area contributed by atoms with Gasteiger partial charge in [0.25, 0.3) is 11.5 Å². The van der Waals surface area contributed by atoms with Gasteiger partial charge in [0.05, 0.1) is 30.1 Å². The molecule has 3 rings (SSSR count). The zero-order chi connectivity index (χ0) is 19.6. The highest BCUT2D eigenvalue weighted by atomic mass is 32.1. The quantitative estimate of drug-likeness (QED) is 0.675. The second kappa shape index (κ2) is 7.71. The van der Waals surface area contributed by atoms with Gasteiger partial charge in [-0.1, -0.05) is 6.92 Å². The molecule has 0 saturated heterocycles. The Bertz CT molecular complexity index is 1050. The van der Waals surface area contributed by atoms with Crippen LogP contribution in [0.4, 0.5) is 5.69 Å². The van der Waals surface area contributed by atoms with Crippen LogP contribution in [0.2, 0.25) is 0 Å². The fourth-order valence-corrected chi connectivity index (χ4v) is 3.73. The van der Waals surface area contributed by atoms with E-state index in [0.29, 0.717) is 33.9 Å². The molecule has 8 heteroatoms. The summed E-state index contributed by atoms with van der Waals surface area (Å²) < 4.78 is 12.4. The predicted octanol–water partition coefficient (Wildman–Crippen LogP) is 3.45. The summed E-state index contributed by atoms with van der Waals surface area (Å²) in [5.74, 6) is -0.0465. The Balaban J connectivity index is 2.08. The van der Waals surface area contributed by atoms with Crippen molar-refractivity contribution in [2.75, 3.05) is 19.5 Å². The molecule has 0 radical (unpaired) electrons. The standard InChI is InChI=1S/C19H20N2O5S/c1-4-8-21-13-7-9-27-17(13)16(22)15(19(21)24)18(23)20-12-6-5-11(25-2)10-14(12)26-3/h5-7,9-10,22H,4,8H2,1-3H3,(H,20,23). The molecule has 0 aliphatic carbocycles. The number of hydrogen-bond acceptors (Lipinski definition) is 6. The summed E-state index contributed by atoms with van der Waals surface area (Å²) in [6, 6.07) is 6.66. The van der Waals surface area contributed by atoms with E-state index >= 15 is 0 Å². The summed E-state index contributed by atoms with van der Waals surface area (Å²) in [4.78, 5) is 25.7. The summed E-state index contributed by atoms with van der Waals surface area (Å²) in [5, 5.41) is 15.0. The predicted molar refractivity (Wildman–Crippen MR) is 106 cm³/mol. The summed E-state index contributed by atoms with van der Waals surface area (Å²) in [6.07, 6.45) is 0.725. The number of anilines is 1. The number of amides is 1. The number of thiophene rings is 1. The van der Waals surface area contributed by atoms with Crippen LogP contribution >= 0.6 is 11.3 Å². The molecule has 27 heavy (non-hydrogen) atoms. The van der Waals surface area contributed by atoms with Crippen LogP contribution in [-0.2, 0) is 6.54 Å². The Kier molecular flexibility index (Phi) is 5.36. The van der Waals surface area contributed by atoms with Crippen LogP contribution in [0.15, 0.2) is 34.4 Å². The number of aromatic hydroxyl groups is 1. The van der Waals surface area contributed by atoms with Crippen LogP contribution in [0, 0.1) is 0 Å². The molecular formula is C19H20N2O5S. The van der Waals surface area contributed by atoms with E-state index in [-0.39, 0.29) is 11.3 Å². The summed E-state index contributed by atoms with van der Waals surface area (Å²) in [5.41, 5.74) is 0.194. The van der Waals surface area contributed by atoms with Gasteiger partial charge < -0.3 is 24.5 Å². The highest BCUT2D eigenvalue weighted by Gasteiger charge is 2.23. The van der Waals surface area contributed by atoms with Crippen molar-refractivity contribution in [3.8, 4) is 17.2 Å². The number of ether oxygens (including phenoxy) is 2. The molecule has 7 nitrogen and oxygen atoms in total. The van der Waals surface area contributed by atoms with E-state index in [2.05, 4.69) is 5.32 Å². The van der Waals surface area contributed by atoms with Gasteiger partial charge in [0.1, 0.15) is 17.1 Å². The zero-order valence-electron chi connectivity index (χ0n) is 15.2. The number of pyridine rings is 1. The largest absolute Gasteiger partial charge is 0.505 e. The summed E-state index contributed by atoms with van der Waals surface area (Å²) in [7, 11) is 2.99. The normalized spacial score (nSPS) is 10.8. The summed E-state index contributed by atoms with van der Waals surface area (Å²) >= 11 is 1.28. The molecule has 2 aromatic heterocycles. The monoisotopic (exact) mass is 388 g/mol. The second-order valence-corrected chi connectivity index (χ2v) is 6.75. The maximum Gasteiger partial charge on any atom is 0.267 e. The average molecular weight is 388 g/mol. The lowest BCUT2D eigenvalue weighted by Crippen LogP contribution is -2.29. The molecular weight excluding hydrogens is 368 g/mol. The average Bonchev–Trinajstić information content (AvgIpc) is 3.15. The van der Waals surface area contributed by atoms with Gasteiger partial charge in [-0.3, -0.25) is 9.59 Å². The molecule has 0 fully saturated rings. The SMILES string of the molecule is CCCn1c(=O)c(C(=O)Nc2ccc(OC)cc2OC)c(O)c2sccc21. The Morgan fingerprint density at radius 3 is 2.70 bits per heavy atom. The first kappa shape index (κ1) is 18.8. The van der Waals surface area contributed by atoms with Crippen LogP contribution in [0.3, 0.4) is 0 Å². The van der Waals surface area contributed by atoms with E-state index in [1.807, 2.05) is 6.92 Å². The topological polar surface area (TPSA) is 89.8 Å². The van der Waals surface area contributed by atoms with Gasteiger partial charge in [-0.25, -0.2) is 0 Å². The van der Waals surface area contributed by atoms with Crippen molar-refractivity contribution in [3.63, 3.8) is 0 Å². The molecule has 142 valence electrons. The minimum absolute atomic E-state index is 0.281. The third-order valence-corrected chi connectivity index (χ3v) is 5.09. The molecule has 0 saturated carbocycles. The van der Waals surface area contributed by atoms with Crippen molar-refractivity contribution in [1.82, 2.24) is 4.57 Å². The van der Waals surface area contributed by atoms with Crippen molar-refractivity contribution in [3.05, 3.63) is 45.6 Å². The lowest BCUT2D eigenvalue weighted by Gasteiger charge is -2.14. The van der Waals surface area contributed by atoms with Crippen molar-refractivity contribution in [2.45, 2.75) is 19.9 Å². The Morgan fingerprint density at radius 1 is 1.26 bits per heavy atom. The van der Waals surface area contributed by atoms with E-state index in [4.69, 9.17) is 9.47 Å². The van der Waals surface area contributed by atoms with Crippen LogP contribution in [0.5, 0.6) is 17.2 Å². The molecule has 0 aliphatic heterocycles. The van der Waals surface area contributed by atoms with Crippen molar-refractivity contribution in [2.24, 2.45) is 0 Å². The number of carbonyl (C=O) groups is 1. The molecule has 0 aliphatic rings. The lowest BCUT2D eigenvalue weighted by atomic mass is 10.2. The second-order valence-electron chi connectivity index (χ2n) is 5.84. The number of hydrogen-bond donors (Lipinski definition) is 2. The maximum absolute atomic E-state index is 12.9.